The van der Waals surface area contributed by atoms with Crippen molar-refractivity contribution in [3.8, 4) is 0 Å². The molecular formula is C9H14O3. The number of ether oxygens (including phenoxy) is 1. The van der Waals surface area contributed by atoms with E-state index in [0.29, 0.717) is 12.3 Å². The smallest absolute Gasteiger partial charge is 0.0746 e. The maximum absolute atomic E-state index is 9.40. The summed E-state index contributed by atoms with van der Waals surface area (Å²) in [4.78, 5) is 0. The first kappa shape index (κ1) is 8.23. The molecule has 0 saturated carbocycles. The Balaban J connectivity index is 2.03. The van der Waals surface area contributed by atoms with Gasteiger partial charge in [-0.3, -0.25) is 0 Å². The van der Waals surface area contributed by atoms with Crippen LogP contribution in [0.1, 0.15) is 12.8 Å². The lowest BCUT2D eigenvalue weighted by Gasteiger charge is -2.39. The third-order valence-corrected chi connectivity index (χ3v) is 2.62. The maximum Gasteiger partial charge on any atom is 0.0746 e. The van der Waals surface area contributed by atoms with Gasteiger partial charge in [-0.2, -0.15) is 0 Å². The van der Waals surface area contributed by atoms with Crippen molar-refractivity contribution in [1.29, 1.82) is 0 Å². The molecule has 0 amide bonds. The van der Waals surface area contributed by atoms with Crippen LogP contribution in [0.2, 0.25) is 0 Å². The van der Waals surface area contributed by atoms with Gasteiger partial charge in [0.05, 0.1) is 24.9 Å². The molecule has 0 aromatic carbocycles. The summed E-state index contributed by atoms with van der Waals surface area (Å²) in [6.45, 7) is 0.738. The van der Waals surface area contributed by atoms with Crippen LogP contribution < -0.4 is 0 Å². The molecule has 1 fully saturated rings. The summed E-state index contributed by atoms with van der Waals surface area (Å²) >= 11 is 0. The van der Waals surface area contributed by atoms with Crippen molar-refractivity contribution in [2.45, 2.75) is 31.2 Å². The van der Waals surface area contributed by atoms with Crippen molar-refractivity contribution in [2.75, 3.05) is 6.61 Å². The number of rotatable bonds is 0. The summed E-state index contributed by atoms with van der Waals surface area (Å²) in [5, 5.41) is 18.8. The number of aliphatic hydroxyl groups is 2. The second kappa shape index (κ2) is 3.17. The van der Waals surface area contributed by atoms with E-state index in [0.717, 1.165) is 13.0 Å². The summed E-state index contributed by atoms with van der Waals surface area (Å²) in [5.74, 6) is 0.444. The summed E-state index contributed by atoms with van der Waals surface area (Å²) < 4.78 is 5.28. The molecule has 1 aliphatic heterocycles. The lowest BCUT2D eigenvalue weighted by atomic mass is 9.86. The average Bonchev–Trinajstić information content (AvgIpc) is 2.03. The van der Waals surface area contributed by atoms with Gasteiger partial charge < -0.3 is 14.9 Å². The highest BCUT2D eigenvalue weighted by molar-refractivity contribution is 5.00. The van der Waals surface area contributed by atoms with Crippen molar-refractivity contribution in [1.82, 2.24) is 0 Å². The molecule has 0 spiro atoms. The largest absolute Gasteiger partial charge is 0.389 e. The summed E-state index contributed by atoms with van der Waals surface area (Å²) in [7, 11) is 0. The first-order chi connectivity index (χ1) is 5.75. The molecule has 0 aromatic heterocycles. The third kappa shape index (κ3) is 1.53. The van der Waals surface area contributed by atoms with Gasteiger partial charge in [0.1, 0.15) is 0 Å². The van der Waals surface area contributed by atoms with E-state index in [-0.39, 0.29) is 6.10 Å². The van der Waals surface area contributed by atoms with E-state index in [1.54, 1.807) is 12.2 Å². The van der Waals surface area contributed by atoms with E-state index in [1.165, 1.54) is 0 Å². The fourth-order valence-corrected chi connectivity index (χ4v) is 1.81. The fourth-order valence-electron chi connectivity index (χ4n) is 1.81. The zero-order valence-electron chi connectivity index (χ0n) is 6.89. The second-order valence-corrected chi connectivity index (χ2v) is 3.62. The monoisotopic (exact) mass is 170 g/mol. The van der Waals surface area contributed by atoms with Crippen LogP contribution in [0, 0.1) is 5.92 Å². The van der Waals surface area contributed by atoms with E-state index in [9.17, 15) is 10.2 Å². The highest BCUT2D eigenvalue weighted by atomic mass is 16.5. The number of fused-ring (bicyclic) bond motifs is 1. The molecule has 1 aliphatic carbocycles. The van der Waals surface area contributed by atoms with Gasteiger partial charge >= 0.3 is 0 Å². The first-order valence-electron chi connectivity index (χ1n) is 4.42. The SMILES string of the molecule is OC1/C=C/C(O)CC2OCC2C1. The first-order valence-corrected chi connectivity index (χ1v) is 4.42. The molecule has 2 aliphatic rings. The lowest BCUT2D eigenvalue weighted by molar-refractivity contribution is -0.138. The van der Waals surface area contributed by atoms with Crippen LogP contribution in [0.5, 0.6) is 0 Å². The van der Waals surface area contributed by atoms with Gasteiger partial charge in [-0.05, 0) is 6.42 Å². The molecule has 0 radical (unpaired) electrons. The van der Waals surface area contributed by atoms with Gasteiger partial charge in [-0.15, -0.1) is 0 Å². The van der Waals surface area contributed by atoms with E-state index in [1.807, 2.05) is 0 Å². The van der Waals surface area contributed by atoms with Crippen LogP contribution in [0.25, 0.3) is 0 Å². The number of hydrogen-bond donors (Lipinski definition) is 2. The molecule has 1 saturated heterocycles. The Bertz CT molecular complexity index is 170. The Labute approximate surface area is 71.7 Å². The summed E-state index contributed by atoms with van der Waals surface area (Å²) in [6.07, 6.45) is 4.09. The normalized spacial score (nSPS) is 49.8. The second-order valence-electron chi connectivity index (χ2n) is 3.62. The number of aliphatic hydroxyl groups excluding tert-OH is 2. The predicted octanol–water partition coefficient (Wildman–Crippen LogP) is 0.0732. The van der Waals surface area contributed by atoms with Crippen LogP contribution >= 0.6 is 0 Å². The average molecular weight is 170 g/mol. The van der Waals surface area contributed by atoms with Crippen molar-refractivity contribution in [3.63, 3.8) is 0 Å². The van der Waals surface area contributed by atoms with Gasteiger partial charge in [-0.25, -0.2) is 0 Å². The standard InChI is InChI=1S/C9H14O3/c10-7-1-2-8(11)4-9-6(3-7)5-12-9/h1-2,6-11H,3-5H2/b2-1+. The topological polar surface area (TPSA) is 49.7 Å². The van der Waals surface area contributed by atoms with Crippen molar-refractivity contribution in [3.05, 3.63) is 12.2 Å². The summed E-state index contributed by atoms with van der Waals surface area (Å²) in [6, 6.07) is 0. The maximum atomic E-state index is 9.40. The number of hydrogen-bond acceptors (Lipinski definition) is 3. The molecule has 12 heavy (non-hydrogen) atoms. The van der Waals surface area contributed by atoms with Crippen molar-refractivity contribution < 1.29 is 14.9 Å². The zero-order valence-corrected chi connectivity index (χ0v) is 6.89. The Morgan fingerprint density at radius 3 is 2.33 bits per heavy atom. The molecule has 3 nitrogen and oxygen atoms in total. The molecule has 0 aromatic rings. The molecule has 2 rings (SSSR count). The molecule has 2 N–H and O–H groups in total. The highest BCUT2D eigenvalue weighted by Gasteiger charge is 2.35. The van der Waals surface area contributed by atoms with Crippen LogP contribution in [-0.4, -0.2) is 35.1 Å². The van der Waals surface area contributed by atoms with E-state index >= 15 is 0 Å². The molecular weight excluding hydrogens is 156 g/mol. The van der Waals surface area contributed by atoms with E-state index in [2.05, 4.69) is 0 Å². The Morgan fingerprint density at radius 2 is 1.75 bits per heavy atom. The predicted molar refractivity (Wildman–Crippen MR) is 43.6 cm³/mol. The van der Waals surface area contributed by atoms with Crippen LogP contribution in [0.15, 0.2) is 12.2 Å². The van der Waals surface area contributed by atoms with Gasteiger partial charge in [0.2, 0.25) is 0 Å². The van der Waals surface area contributed by atoms with Crippen LogP contribution in [0.3, 0.4) is 0 Å². The molecule has 4 unspecified atom stereocenters. The van der Waals surface area contributed by atoms with E-state index in [4.69, 9.17) is 4.74 Å². The van der Waals surface area contributed by atoms with Crippen LogP contribution in [-0.2, 0) is 4.74 Å². The molecule has 3 heteroatoms. The van der Waals surface area contributed by atoms with E-state index < -0.39 is 12.2 Å². The molecule has 68 valence electrons. The summed E-state index contributed by atoms with van der Waals surface area (Å²) in [5.41, 5.74) is 0. The Kier molecular flexibility index (Phi) is 2.17. The zero-order chi connectivity index (χ0) is 8.55. The fraction of sp³-hybridized carbons (Fsp3) is 0.778. The highest BCUT2D eigenvalue weighted by Crippen LogP contribution is 2.30. The Hall–Kier alpha value is -0.380. The molecule has 0 bridgehead atoms. The third-order valence-electron chi connectivity index (χ3n) is 2.62. The lowest BCUT2D eigenvalue weighted by Crippen LogP contribution is -2.44. The molecule has 1 heterocycles. The molecule has 4 atom stereocenters. The van der Waals surface area contributed by atoms with Gasteiger partial charge in [0.25, 0.3) is 0 Å². The van der Waals surface area contributed by atoms with Crippen molar-refractivity contribution in [2.24, 2.45) is 5.92 Å². The van der Waals surface area contributed by atoms with Crippen molar-refractivity contribution >= 4 is 0 Å². The van der Waals surface area contributed by atoms with Gasteiger partial charge in [-0.1, -0.05) is 12.2 Å². The minimum Gasteiger partial charge on any atom is -0.389 e. The minimum absolute atomic E-state index is 0.166. The Morgan fingerprint density at radius 1 is 1.08 bits per heavy atom. The quantitative estimate of drug-likeness (QED) is 0.506. The minimum atomic E-state index is -0.451. The van der Waals surface area contributed by atoms with Crippen LogP contribution in [0.4, 0.5) is 0 Å². The van der Waals surface area contributed by atoms with Gasteiger partial charge in [0.15, 0.2) is 0 Å². The van der Waals surface area contributed by atoms with Gasteiger partial charge in [0, 0.05) is 12.3 Å².